The van der Waals surface area contributed by atoms with Crippen LogP contribution in [0.4, 0.5) is 5.82 Å². The highest BCUT2D eigenvalue weighted by Crippen LogP contribution is 2.28. The van der Waals surface area contributed by atoms with Crippen LogP contribution in [0.5, 0.6) is 0 Å². The van der Waals surface area contributed by atoms with E-state index in [1.165, 1.54) is 4.88 Å². The van der Waals surface area contributed by atoms with Gasteiger partial charge in [0.2, 0.25) is 0 Å². The number of rotatable bonds is 5. The summed E-state index contributed by atoms with van der Waals surface area (Å²) in [6.45, 7) is 4.43. The molecule has 98 valence electrons. The number of aromatic nitrogens is 1. The lowest BCUT2D eigenvalue weighted by atomic mass is 10.0. The van der Waals surface area contributed by atoms with Crippen molar-refractivity contribution in [3.63, 3.8) is 0 Å². The van der Waals surface area contributed by atoms with Crippen LogP contribution in [0.25, 0.3) is 0 Å². The molecule has 0 saturated heterocycles. The molecule has 2 heterocycles. The number of anilines is 1. The van der Waals surface area contributed by atoms with E-state index in [9.17, 15) is 0 Å². The zero-order valence-electron chi connectivity index (χ0n) is 11.1. The van der Waals surface area contributed by atoms with Crippen molar-refractivity contribution >= 4 is 17.2 Å². The van der Waals surface area contributed by atoms with Crippen LogP contribution in [-0.2, 0) is 0 Å². The van der Waals surface area contributed by atoms with Crippen LogP contribution in [0.3, 0.4) is 0 Å². The Hall–Kier alpha value is -1.86. The maximum absolute atomic E-state index is 8.77. The fourth-order valence-electron chi connectivity index (χ4n) is 1.93. The molecule has 4 heteroatoms. The van der Waals surface area contributed by atoms with Crippen LogP contribution in [0, 0.1) is 17.2 Å². The van der Waals surface area contributed by atoms with Crippen molar-refractivity contribution < 1.29 is 0 Å². The summed E-state index contributed by atoms with van der Waals surface area (Å²) in [4.78, 5) is 5.60. The van der Waals surface area contributed by atoms with Gasteiger partial charge in [0.15, 0.2) is 0 Å². The molecule has 0 fully saturated rings. The summed E-state index contributed by atoms with van der Waals surface area (Å²) in [5, 5.41) is 14.3. The second-order valence-electron chi connectivity index (χ2n) is 4.89. The SMILES string of the molecule is CC(C)CC(Nc1ccc(C#N)cn1)c1cccs1. The first kappa shape index (κ1) is 13.6. The van der Waals surface area contributed by atoms with E-state index in [0.717, 1.165) is 12.2 Å². The summed E-state index contributed by atoms with van der Waals surface area (Å²) in [5.41, 5.74) is 0.585. The Labute approximate surface area is 117 Å². The molecule has 1 N–H and O–H groups in total. The van der Waals surface area contributed by atoms with Crippen molar-refractivity contribution in [1.29, 1.82) is 5.26 Å². The maximum Gasteiger partial charge on any atom is 0.126 e. The van der Waals surface area contributed by atoms with Crippen molar-refractivity contribution in [2.24, 2.45) is 5.92 Å². The molecule has 0 aliphatic carbocycles. The minimum atomic E-state index is 0.278. The van der Waals surface area contributed by atoms with Gasteiger partial charge in [0.1, 0.15) is 11.9 Å². The predicted octanol–water partition coefficient (Wildman–Crippen LogP) is 4.21. The molecule has 19 heavy (non-hydrogen) atoms. The van der Waals surface area contributed by atoms with Crippen LogP contribution in [0.2, 0.25) is 0 Å². The molecule has 0 saturated carbocycles. The summed E-state index contributed by atoms with van der Waals surface area (Å²) in [6, 6.07) is 10.2. The average molecular weight is 271 g/mol. The number of nitriles is 1. The lowest BCUT2D eigenvalue weighted by Gasteiger charge is -2.20. The van der Waals surface area contributed by atoms with Crippen LogP contribution >= 0.6 is 11.3 Å². The zero-order valence-corrected chi connectivity index (χ0v) is 11.9. The quantitative estimate of drug-likeness (QED) is 0.886. The van der Waals surface area contributed by atoms with Gasteiger partial charge < -0.3 is 5.32 Å². The van der Waals surface area contributed by atoms with E-state index in [1.54, 1.807) is 23.6 Å². The number of hydrogen-bond acceptors (Lipinski definition) is 4. The van der Waals surface area contributed by atoms with Gasteiger partial charge in [-0.15, -0.1) is 11.3 Å². The van der Waals surface area contributed by atoms with Gasteiger partial charge >= 0.3 is 0 Å². The highest BCUT2D eigenvalue weighted by atomic mass is 32.1. The molecule has 0 radical (unpaired) electrons. The number of nitrogens with zero attached hydrogens (tertiary/aromatic N) is 2. The standard InChI is InChI=1S/C15H17N3S/c1-11(2)8-13(14-4-3-7-19-14)18-15-6-5-12(9-16)10-17-15/h3-7,10-11,13H,8H2,1-2H3,(H,17,18). The molecule has 2 aromatic rings. The lowest BCUT2D eigenvalue weighted by Crippen LogP contribution is -2.13. The van der Waals surface area contributed by atoms with Crippen molar-refractivity contribution in [3.05, 3.63) is 46.3 Å². The number of nitrogens with one attached hydrogen (secondary N) is 1. The summed E-state index contributed by atoms with van der Waals surface area (Å²) < 4.78 is 0. The van der Waals surface area contributed by atoms with Gasteiger partial charge in [0, 0.05) is 11.1 Å². The molecule has 1 unspecified atom stereocenters. The maximum atomic E-state index is 8.77. The van der Waals surface area contributed by atoms with Crippen molar-refractivity contribution in [1.82, 2.24) is 4.98 Å². The first-order valence-corrected chi connectivity index (χ1v) is 7.23. The molecule has 0 bridgehead atoms. The largest absolute Gasteiger partial charge is 0.362 e. The lowest BCUT2D eigenvalue weighted by molar-refractivity contribution is 0.534. The van der Waals surface area contributed by atoms with Gasteiger partial charge in [-0.2, -0.15) is 5.26 Å². The fraction of sp³-hybridized carbons (Fsp3) is 0.333. The second-order valence-corrected chi connectivity index (χ2v) is 5.87. The first-order chi connectivity index (χ1) is 9.19. The van der Waals surface area contributed by atoms with Crippen LogP contribution < -0.4 is 5.32 Å². The Balaban J connectivity index is 2.13. The van der Waals surface area contributed by atoms with E-state index in [2.05, 4.69) is 47.7 Å². The van der Waals surface area contributed by atoms with Gasteiger partial charge in [-0.3, -0.25) is 0 Å². The molecule has 0 amide bonds. The van der Waals surface area contributed by atoms with E-state index < -0.39 is 0 Å². The molecule has 2 rings (SSSR count). The predicted molar refractivity (Wildman–Crippen MR) is 79.1 cm³/mol. The summed E-state index contributed by atoms with van der Waals surface area (Å²) in [5.74, 6) is 1.43. The minimum Gasteiger partial charge on any atom is -0.362 e. The van der Waals surface area contributed by atoms with Gasteiger partial charge in [-0.1, -0.05) is 19.9 Å². The third kappa shape index (κ3) is 3.80. The molecule has 0 aliphatic heterocycles. The molecule has 0 spiro atoms. The Morgan fingerprint density at radius 2 is 2.21 bits per heavy atom. The van der Waals surface area contributed by atoms with Crippen LogP contribution in [0.1, 0.15) is 36.8 Å². The summed E-state index contributed by atoms with van der Waals surface area (Å²) in [7, 11) is 0. The molecule has 1 atom stereocenters. The zero-order chi connectivity index (χ0) is 13.7. The highest BCUT2D eigenvalue weighted by molar-refractivity contribution is 7.10. The van der Waals surface area contributed by atoms with Gasteiger partial charge in [-0.25, -0.2) is 4.98 Å². The van der Waals surface area contributed by atoms with Gasteiger partial charge in [0.05, 0.1) is 11.6 Å². The van der Waals surface area contributed by atoms with Crippen molar-refractivity contribution in [2.75, 3.05) is 5.32 Å². The van der Waals surface area contributed by atoms with Crippen molar-refractivity contribution in [3.8, 4) is 6.07 Å². The first-order valence-electron chi connectivity index (χ1n) is 6.35. The number of thiophene rings is 1. The number of pyridine rings is 1. The van der Waals surface area contributed by atoms with Crippen LogP contribution in [-0.4, -0.2) is 4.98 Å². The highest BCUT2D eigenvalue weighted by Gasteiger charge is 2.14. The third-order valence-corrected chi connectivity index (χ3v) is 3.79. The molecular formula is C15H17N3S. The molecular weight excluding hydrogens is 254 g/mol. The van der Waals surface area contributed by atoms with E-state index in [0.29, 0.717) is 11.5 Å². The number of hydrogen-bond donors (Lipinski definition) is 1. The Kier molecular flexibility index (Phi) is 4.53. The molecule has 3 nitrogen and oxygen atoms in total. The van der Waals surface area contributed by atoms with Crippen molar-refractivity contribution in [2.45, 2.75) is 26.3 Å². The van der Waals surface area contributed by atoms with E-state index in [1.807, 2.05) is 6.07 Å². The Bertz CT molecular complexity index is 538. The monoisotopic (exact) mass is 271 g/mol. The Morgan fingerprint density at radius 3 is 2.74 bits per heavy atom. The van der Waals surface area contributed by atoms with Gasteiger partial charge in [0.25, 0.3) is 0 Å². The summed E-state index contributed by atoms with van der Waals surface area (Å²) >= 11 is 1.76. The molecule has 0 aromatic carbocycles. The molecule has 2 aromatic heterocycles. The van der Waals surface area contributed by atoms with E-state index in [-0.39, 0.29) is 6.04 Å². The third-order valence-electron chi connectivity index (χ3n) is 2.81. The van der Waals surface area contributed by atoms with E-state index in [4.69, 9.17) is 5.26 Å². The smallest absolute Gasteiger partial charge is 0.126 e. The van der Waals surface area contributed by atoms with Gasteiger partial charge in [-0.05, 0) is 35.9 Å². The Morgan fingerprint density at radius 1 is 1.37 bits per heavy atom. The minimum absolute atomic E-state index is 0.278. The van der Waals surface area contributed by atoms with E-state index >= 15 is 0 Å². The topological polar surface area (TPSA) is 48.7 Å². The second kappa shape index (κ2) is 6.35. The fourth-order valence-corrected chi connectivity index (χ4v) is 2.72. The normalized spacial score (nSPS) is 12.1. The molecule has 0 aliphatic rings. The average Bonchev–Trinajstić information content (AvgIpc) is 2.92. The summed E-state index contributed by atoms with van der Waals surface area (Å²) in [6.07, 6.45) is 2.66. The van der Waals surface area contributed by atoms with Crippen LogP contribution in [0.15, 0.2) is 35.8 Å².